The van der Waals surface area contributed by atoms with Crippen LogP contribution in [0, 0.1) is 23.7 Å². The third kappa shape index (κ3) is 1.96. The molecule has 4 atom stereocenters. The largest absolute Gasteiger partial charge is 0.478 e. The van der Waals surface area contributed by atoms with Crippen molar-refractivity contribution in [1.29, 1.82) is 0 Å². The Bertz CT molecular complexity index is 740. The van der Waals surface area contributed by atoms with E-state index < -0.39 is 5.97 Å². The van der Waals surface area contributed by atoms with Crippen molar-refractivity contribution in [2.45, 2.75) is 12.8 Å². The van der Waals surface area contributed by atoms with Crippen LogP contribution in [-0.2, 0) is 9.59 Å². The van der Waals surface area contributed by atoms with E-state index in [2.05, 4.69) is 12.2 Å². The minimum absolute atomic E-state index is 0.0829. The monoisotopic (exact) mass is 331 g/mol. The first-order chi connectivity index (χ1) is 11.0. The fourth-order valence-corrected chi connectivity index (χ4v) is 4.34. The fraction of sp³-hybridized carbons (Fsp3) is 0.353. The molecule has 1 aliphatic heterocycles. The third-order valence-corrected chi connectivity index (χ3v) is 5.53. The first-order valence-electron chi connectivity index (χ1n) is 7.58. The highest BCUT2D eigenvalue weighted by Gasteiger charge is 2.56. The molecule has 4 aliphatic rings. The van der Waals surface area contributed by atoms with E-state index >= 15 is 0 Å². The maximum absolute atomic E-state index is 12.8. The summed E-state index contributed by atoms with van der Waals surface area (Å²) in [4.78, 5) is 38.0. The minimum Gasteiger partial charge on any atom is -0.478 e. The number of hydrogen-bond acceptors (Lipinski definition) is 3. The normalized spacial score (nSPS) is 31.6. The van der Waals surface area contributed by atoms with Crippen LogP contribution in [0.15, 0.2) is 30.4 Å². The van der Waals surface area contributed by atoms with E-state index in [-0.39, 0.29) is 51.8 Å². The number of carbonyl (C=O) groups is 3. The molecule has 3 aliphatic carbocycles. The van der Waals surface area contributed by atoms with E-state index in [0.29, 0.717) is 0 Å². The summed E-state index contributed by atoms with van der Waals surface area (Å²) in [6.07, 6.45) is 5.95. The van der Waals surface area contributed by atoms with E-state index in [1.165, 1.54) is 18.2 Å². The first kappa shape index (κ1) is 14.5. The van der Waals surface area contributed by atoms with Gasteiger partial charge in [-0.1, -0.05) is 23.8 Å². The molecule has 1 saturated heterocycles. The first-order valence-corrected chi connectivity index (χ1v) is 7.96. The number of allylic oxidation sites excluding steroid dienone is 2. The lowest BCUT2D eigenvalue weighted by Gasteiger charge is -2.38. The van der Waals surface area contributed by atoms with Gasteiger partial charge in [0, 0.05) is 0 Å². The summed E-state index contributed by atoms with van der Waals surface area (Å²) in [7, 11) is 0. The molecule has 2 amide bonds. The molecule has 0 radical (unpaired) electrons. The second-order valence-corrected chi connectivity index (χ2v) is 6.73. The van der Waals surface area contributed by atoms with E-state index in [0.717, 1.165) is 17.7 Å². The van der Waals surface area contributed by atoms with Gasteiger partial charge in [-0.15, -0.1) is 0 Å². The van der Waals surface area contributed by atoms with Gasteiger partial charge in [-0.05, 0) is 42.9 Å². The number of anilines is 1. The number of benzene rings is 1. The zero-order valence-electron chi connectivity index (χ0n) is 12.1. The van der Waals surface area contributed by atoms with Gasteiger partial charge in [-0.3, -0.25) is 9.59 Å². The quantitative estimate of drug-likeness (QED) is 0.668. The lowest BCUT2D eigenvalue weighted by atomic mass is 9.63. The molecule has 23 heavy (non-hydrogen) atoms. The van der Waals surface area contributed by atoms with Crippen LogP contribution < -0.4 is 4.90 Å². The Morgan fingerprint density at radius 3 is 2.13 bits per heavy atom. The van der Waals surface area contributed by atoms with Crippen LogP contribution in [0.4, 0.5) is 5.69 Å². The summed E-state index contributed by atoms with van der Waals surface area (Å²) in [5.74, 6) is -2.04. The highest BCUT2D eigenvalue weighted by Crippen LogP contribution is 2.50. The maximum Gasteiger partial charge on any atom is 0.337 e. The highest BCUT2D eigenvalue weighted by molar-refractivity contribution is 6.34. The predicted octanol–water partition coefficient (Wildman–Crippen LogP) is 2.74. The molecule has 1 saturated carbocycles. The molecule has 0 spiro atoms. The molecule has 5 nitrogen and oxygen atoms in total. The Balaban J connectivity index is 1.76. The van der Waals surface area contributed by atoms with Gasteiger partial charge in [0.1, 0.15) is 0 Å². The van der Waals surface area contributed by atoms with Crippen LogP contribution in [0.1, 0.15) is 23.2 Å². The van der Waals surface area contributed by atoms with Crippen LogP contribution in [0.3, 0.4) is 0 Å². The molecule has 2 bridgehead atoms. The van der Waals surface area contributed by atoms with Crippen LogP contribution in [0.5, 0.6) is 0 Å². The summed E-state index contributed by atoms with van der Waals surface area (Å²) < 4.78 is 0. The van der Waals surface area contributed by atoms with Crippen molar-refractivity contribution in [3.63, 3.8) is 0 Å². The Kier molecular flexibility index (Phi) is 3.10. The van der Waals surface area contributed by atoms with Gasteiger partial charge in [-0.2, -0.15) is 0 Å². The fourth-order valence-electron chi connectivity index (χ4n) is 4.14. The number of nitrogens with zero attached hydrogens (tertiary/aromatic N) is 1. The van der Waals surface area contributed by atoms with E-state index in [9.17, 15) is 19.5 Å². The van der Waals surface area contributed by atoms with Crippen LogP contribution >= 0.6 is 11.6 Å². The number of carboxylic acid groups (broad SMARTS) is 1. The summed E-state index contributed by atoms with van der Waals surface area (Å²) in [5.41, 5.74) is 0.177. The van der Waals surface area contributed by atoms with Gasteiger partial charge in [-0.25, -0.2) is 9.69 Å². The SMILES string of the molecule is O=C(O)c1cc(N2C(=O)[C@@H]3[C@H](C2=O)[C@H]2C=C[C@H]3CC2)ccc1Cl. The number of halogens is 1. The van der Waals surface area contributed by atoms with Crippen molar-refractivity contribution in [3.8, 4) is 0 Å². The molecular formula is C17H14ClNO4. The van der Waals surface area contributed by atoms with Gasteiger partial charge in [0.2, 0.25) is 11.8 Å². The third-order valence-electron chi connectivity index (χ3n) is 5.20. The molecular weight excluding hydrogens is 318 g/mol. The molecule has 1 aromatic rings. The van der Waals surface area contributed by atoms with Crippen LogP contribution in [0.25, 0.3) is 0 Å². The Morgan fingerprint density at radius 1 is 1.09 bits per heavy atom. The van der Waals surface area contributed by atoms with Gasteiger partial charge in [0.15, 0.2) is 0 Å². The van der Waals surface area contributed by atoms with Crippen LogP contribution in [-0.4, -0.2) is 22.9 Å². The summed E-state index contributed by atoms with van der Waals surface area (Å²) in [6.45, 7) is 0. The molecule has 6 heteroatoms. The van der Waals surface area contributed by atoms with Crippen molar-refractivity contribution >= 4 is 35.1 Å². The molecule has 1 aromatic carbocycles. The topological polar surface area (TPSA) is 74.7 Å². The van der Waals surface area contributed by atoms with Crippen molar-refractivity contribution in [1.82, 2.24) is 0 Å². The van der Waals surface area contributed by atoms with Gasteiger partial charge >= 0.3 is 5.97 Å². The number of hydrogen-bond donors (Lipinski definition) is 1. The summed E-state index contributed by atoms with van der Waals surface area (Å²) >= 11 is 5.87. The highest BCUT2D eigenvalue weighted by atomic mass is 35.5. The molecule has 5 rings (SSSR count). The molecule has 118 valence electrons. The minimum atomic E-state index is -1.19. The number of carboxylic acids is 1. The number of rotatable bonds is 2. The molecule has 0 aromatic heterocycles. The smallest absolute Gasteiger partial charge is 0.337 e. The average molecular weight is 332 g/mol. The number of aromatic carboxylic acids is 1. The predicted molar refractivity (Wildman–Crippen MR) is 83.2 cm³/mol. The molecule has 2 fully saturated rings. The summed E-state index contributed by atoms with van der Waals surface area (Å²) in [6, 6.07) is 4.24. The van der Waals surface area contributed by atoms with Crippen molar-refractivity contribution in [2.24, 2.45) is 23.7 Å². The number of amides is 2. The van der Waals surface area contributed by atoms with Crippen molar-refractivity contribution < 1.29 is 19.5 Å². The Hall–Kier alpha value is -2.14. The zero-order chi connectivity index (χ0) is 16.3. The average Bonchev–Trinajstić information content (AvgIpc) is 2.83. The van der Waals surface area contributed by atoms with Crippen molar-refractivity contribution in [3.05, 3.63) is 40.9 Å². The molecule has 0 unspecified atom stereocenters. The summed E-state index contributed by atoms with van der Waals surface area (Å²) in [5, 5.41) is 9.27. The van der Waals surface area contributed by atoms with Crippen molar-refractivity contribution in [2.75, 3.05) is 4.90 Å². The second kappa shape index (κ2) is 4.93. The number of carbonyl (C=O) groups excluding carboxylic acids is 2. The van der Waals surface area contributed by atoms with E-state index in [1.54, 1.807) is 0 Å². The zero-order valence-corrected chi connectivity index (χ0v) is 12.9. The van der Waals surface area contributed by atoms with Crippen LogP contribution in [0.2, 0.25) is 5.02 Å². The van der Waals surface area contributed by atoms with E-state index in [1.807, 2.05) is 0 Å². The lowest BCUT2D eigenvalue weighted by molar-refractivity contribution is -0.124. The second-order valence-electron chi connectivity index (χ2n) is 6.32. The Morgan fingerprint density at radius 2 is 1.65 bits per heavy atom. The van der Waals surface area contributed by atoms with Gasteiger partial charge in [0.25, 0.3) is 0 Å². The number of imide groups is 1. The maximum atomic E-state index is 12.8. The molecule has 1 heterocycles. The van der Waals surface area contributed by atoms with E-state index in [4.69, 9.17) is 11.6 Å². The molecule has 1 N–H and O–H groups in total. The van der Waals surface area contributed by atoms with Gasteiger partial charge < -0.3 is 5.11 Å². The Labute approximate surface area is 137 Å². The number of fused-ring (bicyclic) bond motifs is 1. The lowest BCUT2D eigenvalue weighted by Crippen LogP contribution is -2.38. The standard InChI is InChI=1S/C17H14ClNO4/c18-12-6-5-10(7-11(12)17(22)23)19-15(20)13-8-1-2-9(4-3-8)14(13)16(19)21/h1-2,5-9,13-14H,3-4H2,(H,22,23)/t8-,9-,13-,14+/m0/s1. The van der Waals surface area contributed by atoms with Gasteiger partial charge in [0.05, 0.1) is 28.1 Å².